The standard InChI is InChI=1S/C20H15ClFNO4S2/c1-27-11-5-7-12(8-6-11)29(25,26)16-10-28-20-13(9-17(24)23-19(16)20)18-14(21)3-2-4-15(18)22/h2-8,10,13H,9H2,1H3,(H,23,24)/t13-/m1/s1. The SMILES string of the molecule is COc1ccc(S(=O)(=O)c2csc3c2NC(=O)C[C@@H]3c2c(F)cccc2Cl)cc1. The van der Waals surface area contributed by atoms with Crippen molar-refractivity contribution in [1.82, 2.24) is 0 Å². The molecular weight excluding hydrogens is 437 g/mol. The van der Waals surface area contributed by atoms with Crippen LogP contribution in [0.5, 0.6) is 5.75 Å². The molecule has 3 aromatic rings. The maximum atomic E-state index is 14.5. The van der Waals surface area contributed by atoms with Crippen LogP contribution >= 0.6 is 22.9 Å². The van der Waals surface area contributed by atoms with Crippen molar-refractivity contribution in [2.75, 3.05) is 12.4 Å². The first-order valence-corrected chi connectivity index (χ1v) is 11.3. The zero-order valence-electron chi connectivity index (χ0n) is 15.1. The van der Waals surface area contributed by atoms with E-state index in [4.69, 9.17) is 16.3 Å². The van der Waals surface area contributed by atoms with Crippen molar-refractivity contribution in [2.24, 2.45) is 0 Å². The van der Waals surface area contributed by atoms with E-state index in [1.807, 2.05) is 0 Å². The normalized spacial score (nSPS) is 16.2. The van der Waals surface area contributed by atoms with Crippen LogP contribution in [0.25, 0.3) is 0 Å². The molecule has 0 spiro atoms. The van der Waals surface area contributed by atoms with Crippen molar-refractivity contribution in [3.8, 4) is 5.75 Å². The molecule has 0 unspecified atom stereocenters. The number of nitrogens with one attached hydrogen (secondary N) is 1. The lowest BCUT2D eigenvalue weighted by Crippen LogP contribution is -2.24. The van der Waals surface area contributed by atoms with Crippen LogP contribution in [0.1, 0.15) is 22.8 Å². The molecule has 1 amide bonds. The smallest absolute Gasteiger partial charge is 0.225 e. The number of halogens is 2. The number of carbonyl (C=O) groups excluding carboxylic acids is 1. The second-order valence-corrected chi connectivity index (χ2v) is 9.69. The highest BCUT2D eigenvalue weighted by Gasteiger charge is 2.36. The first-order valence-electron chi connectivity index (χ1n) is 8.57. The highest BCUT2D eigenvalue weighted by atomic mass is 35.5. The number of ether oxygens (including phenoxy) is 1. The van der Waals surface area contributed by atoms with Crippen LogP contribution in [0.2, 0.25) is 5.02 Å². The number of rotatable bonds is 4. The number of sulfone groups is 1. The van der Waals surface area contributed by atoms with Gasteiger partial charge < -0.3 is 10.1 Å². The number of methoxy groups -OCH3 is 1. The second kappa shape index (κ2) is 7.44. The highest BCUT2D eigenvalue weighted by Crippen LogP contribution is 2.47. The van der Waals surface area contributed by atoms with Crippen LogP contribution in [0.3, 0.4) is 0 Å². The zero-order valence-corrected chi connectivity index (χ0v) is 17.5. The van der Waals surface area contributed by atoms with E-state index in [2.05, 4.69) is 5.32 Å². The maximum absolute atomic E-state index is 14.5. The van der Waals surface area contributed by atoms with Gasteiger partial charge >= 0.3 is 0 Å². The molecule has 1 N–H and O–H groups in total. The minimum Gasteiger partial charge on any atom is -0.497 e. The van der Waals surface area contributed by atoms with Gasteiger partial charge in [0.1, 0.15) is 16.5 Å². The summed E-state index contributed by atoms with van der Waals surface area (Å²) in [5.41, 5.74) is 0.381. The summed E-state index contributed by atoms with van der Waals surface area (Å²) >= 11 is 7.36. The number of amides is 1. The van der Waals surface area contributed by atoms with Gasteiger partial charge in [-0.1, -0.05) is 17.7 Å². The predicted octanol–water partition coefficient (Wildman–Crippen LogP) is 4.86. The minimum atomic E-state index is -3.90. The summed E-state index contributed by atoms with van der Waals surface area (Å²) in [6, 6.07) is 10.3. The van der Waals surface area contributed by atoms with E-state index >= 15 is 0 Å². The number of benzene rings is 2. The summed E-state index contributed by atoms with van der Waals surface area (Å²) < 4.78 is 45.9. The Morgan fingerprint density at radius 2 is 1.93 bits per heavy atom. The van der Waals surface area contributed by atoms with Crippen LogP contribution < -0.4 is 10.1 Å². The fourth-order valence-corrected chi connectivity index (χ4v) is 6.55. The molecule has 0 saturated carbocycles. The van der Waals surface area contributed by atoms with E-state index in [0.717, 1.165) is 11.3 Å². The molecule has 4 rings (SSSR count). The quantitative estimate of drug-likeness (QED) is 0.615. The van der Waals surface area contributed by atoms with Crippen LogP contribution in [0.15, 0.2) is 57.6 Å². The molecule has 0 bridgehead atoms. The second-order valence-electron chi connectivity index (χ2n) is 6.46. The summed E-state index contributed by atoms with van der Waals surface area (Å²) in [7, 11) is -2.41. The van der Waals surface area contributed by atoms with Gasteiger partial charge in [0.15, 0.2) is 0 Å². The molecule has 0 radical (unpaired) electrons. The average Bonchev–Trinajstić information content (AvgIpc) is 3.12. The van der Waals surface area contributed by atoms with Gasteiger partial charge in [-0.15, -0.1) is 11.3 Å². The molecule has 1 aromatic heterocycles. The summed E-state index contributed by atoms with van der Waals surface area (Å²) in [6.45, 7) is 0. The van der Waals surface area contributed by atoms with E-state index in [-0.39, 0.29) is 32.5 Å². The number of thiophene rings is 1. The molecule has 29 heavy (non-hydrogen) atoms. The van der Waals surface area contributed by atoms with Crippen LogP contribution in [-0.2, 0) is 14.6 Å². The van der Waals surface area contributed by atoms with E-state index in [0.29, 0.717) is 10.6 Å². The summed E-state index contributed by atoms with van der Waals surface area (Å²) in [5, 5.41) is 4.32. The molecule has 1 aliphatic rings. The molecule has 1 aliphatic heterocycles. The molecule has 150 valence electrons. The summed E-state index contributed by atoms with van der Waals surface area (Å²) in [6.07, 6.45) is -0.0177. The first-order chi connectivity index (χ1) is 13.8. The lowest BCUT2D eigenvalue weighted by Gasteiger charge is -2.24. The summed E-state index contributed by atoms with van der Waals surface area (Å²) in [5.74, 6) is -1.06. The molecule has 2 heterocycles. The Hall–Kier alpha value is -2.42. The van der Waals surface area contributed by atoms with E-state index in [1.165, 1.54) is 36.8 Å². The first kappa shape index (κ1) is 19.9. The third-order valence-corrected chi connectivity index (χ3v) is 8.13. The van der Waals surface area contributed by atoms with Gasteiger partial charge in [0.25, 0.3) is 0 Å². The molecule has 2 aromatic carbocycles. The Kier molecular flexibility index (Phi) is 5.10. The van der Waals surface area contributed by atoms with Crippen molar-refractivity contribution in [3.63, 3.8) is 0 Å². The van der Waals surface area contributed by atoms with Crippen molar-refractivity contribution in [1.29, 1.82) is 0 Å². The average molecular weight is 452 g/mol. The van der Waals surface area contributed by atoms with Gasteiger partial charge in [0.2, 0.25) is 15.7 Å². The third-order valence-electron chi connectivity index (χ3n) is 4.76. The molecule has 0 fully saturated rings. The van der Waals surface area contributed by atoms with E-state index in [9.17, 15) is 17.6 Å². The number of carbonyl (C=O) groups is 1. The van der Waals surface area contributed by atoms with E-state index < -0.39 is 27.5 Å². The Morgan fingerprint density at radius 3 is 2.59 bits per heavy atom. The Labute approximate surface area is 176 Å². The lowest BCUT2D eigenvalue weighted by molar-refractivity contribution is -0.116. The Bertz CT molecular complexity index is 1190. The lowest BCUT2D eigenvalue weighted by atomic mass is 9.90. The van der Waals surface area contributed by atoms with Crippen molar-refractivity contribution in [3.05, 3.63) is 69.1 Å². The van der Waals surface area contributed by atoms with Crippen molar-refractivity contribution in [2.45, 2.75) is 22.1 Å². The molecule has 5 nitrogen and oxygen atoms in total. The van der Waals surface area contributed by atoms with E-state index in [1.54, 1.807) is 18.2 Å². The molecule has 9 heteroatoms. The number of hydrogen-bond donors (Lipinski definition) is 1. The number of hydrogen-bond acceptors (Lipinski definition) is 5. The van der Waals surface area contributed by atoms with Crippen LogP contribution in [0, 0.1) is 5.82 Å². The van der Waals surface area contributed by atoms with Crippen LogP contribution in [0.4, 0.5) is 10.1 Å². The maximum Gasteiger partial charge on any atom is 0.225 e. The van der Waals surface area contributed by atoms with Crippen molar-refractivity contribution < 1.29 is 22.3 Å². The van der Waals surface area contributed by atoms with Crippen LogP contribution in [-0.4, -0.2) is 21.4 Å². The van der Waals surface area contributed by atoms with Gasteiger partial charge in [0, 0.05) is 33.2 Å². The third kappa shape index (κ3) is 3.41. The minimum absolute atomic E-state index is 0.0177. The topological polar surface area (TPSA) is 72.5 Å². The van der Waals surface area contributed by atoms with Gasteiger partial charge in [-0.3, -0.25) is 4.79 Å². The van der Waals surface area contributed by atoms with Gasteiger partial charge in [-0.2, -0.15) is 0 Å². The summed E-state index contributed by atoms with van der Waals surface area (Å²) in [4.78, 5) is 13.0. The van der Waals surface area contributed by atoms with Gasteiger partial charge in [-0.05, 0) is 36.4 Å². The van der Waals surface area contributed by atoms with Gasteiger partial charge in [0.05, 0.1) is 17.7 Å². The molecule has 0 aliphatic carbocycles. The zero-order chi connectivity index (χ0) is 20.8. The molecule has 1 atom stereocenters. The Balaban J connectivity index is 1.84. The largest absolute Gasteiger partial charge is 0.497 e. The molecular formula is C20H15ClFNO4S2. The monoisotopic (exact) mass is 451 g/mol. The van der Waals surface area contributed by atoms with Gasteiger partial charge in [-0.25, -0.2) is 12.8 Å². The molecule has 0 saturated heterocycles. The predicted molar refractivity (Wildman–Crippen MR) is 109 cm³/mol. The van der Waals surface area contributed by atoms with Crippen molar-refractivity contribution >= 4 is 44.4 Å². The number of anilines is 1. The fourth-order valence-electron chi connectivity index (χ4n) is 3.36. The fraction of sp³-hybridized carbons (Fsp3) is 0.150. The Morgan fingerprint density at radius 1 is 1.21 bits per heavy atom. The highest BCUT2D eigenvalue weighted by molar-refractivity contribution is 7.91. The number of fused-ring (bicyclic) bond motifs is 1.